The summed E-state index contributed by atoms with van der Waals surface area (Å²) in [6.45, 7) is -0.613. The Morgan fingerprint density at radius 3 is 2.71 bits per heavy atom. The van der Waals surface area contributed by atoms with E-state index in [-0.39, 0.29) is 6.42 Å². The standard InChI is InChI=1S/C11H15N2O10P/c14-5-3-8(13-2-1-7(15)12-11(13)18)23-6(5)4-22-10(9(16)17)24(19,20)21/h1-2,5-6,8,10,14H,3-4H2,(H,16,17)(H,12,15,18)(H2,19,20,21)/t5-,6+,8+,10?/m0/s1. The van der Waals surface area contributed by atoms with Crippen LogP contribution in [0.1, 0.15) is 12.6 Å². The molecule has 1 saturated heterocycles. The zero-order chi connectivity index (χ0) is 18.1. The Balaban J connectivity index is 2.06. The minimum Gasteiger partial charge on any atom is -0.479 e. The fourth-order valence-electron chi connectivity index (χ4n) is 2.19. The van der Waals surface area contributed by atoms with Gasteiger partial charge >= 0.3 is 19.3 Å². The molecule has 0 radical (unpaired) electrons. The first-order chi connectivity index (χ1) is 11.1. The van der Waals surface area contributed by atoms with E-state index in [4.69, 9.17) is 19.6 Å². The monoisotopic (exact) mass is 366 g/mol. The molecular weight excluding hydrogens is 351 g/mol. The van der Waals surface area contributed by atoms with Crippen molar-refractivity contribution in [3.05, 3.63) is 33.1 Å². The number of nitrogens with one attached hydrogen (secondary N) is 1. The lowest BCUT2D eigenvalue weighted by Crippen LogP contribution is -2.33. The van der Waals surface area contributed by atoms with E-state index in [9.17, 15) is 24.1 Å². The summed E-state index contributed by atoms with van der Waals surface area (Å²) >= 11 is 0. The number of aliphatic hydroxyl groups excluding tert-OH is 1. The fraction of sp³-hybridized carbons (Fsp3) is 0.545. The van der Waals surface area contributed by atoms with Crippen LogP contribution in [0.25, 0.3) is 0 Å². The maximum atomic E-state index is 11.7. The number of hydrogen-bond acceptors (Lipinski definition) is 7. The van der Waals surface area contributed by atoms with Gasteiger partial charge in [-0.3, -0.25) is 18.9 Å². The summed E-state index contributed by atoms with van der Waals surface area (Å²) in [4.78, 5) is 53.3. The number of aromatic amines is 1. The van der Waals surface area contributed by atoms with Crippen LogP contribution in [-0.2, 0) is 18.8 Å². The Hall–Kier alpha value is -1.82. The Morgan fingerprint density at radius 1 is 1.50 bits per heavy atom. The number of carboxylic acids is 1. The molecule has 1 unspecified atom stereocenters. The molecule has 24 heavy (non-hydrogen) atoms. The van der Waals surface area contributed by atoms with Crippen LogP contribution in [0.5, 0.6) is 0 Å². The topological polar surface area (TPSA) is 188 Å². The summed E-state index contributed by atoms with van der Waals surface area (Å²) in [6, 6.07) is 1.08. The molecule has 2 rings (SSSR count). The van der Waals surface area contributed by atoms with E-state index in [2.05, 4.69) is 4.74 Å². The third kappa shape index (κ3) is 4.17. The van der Waals surface area contributed by atoms with Crippen molar-refractivity contribution in [1.82, 2.24) is 9.55 Å². The van der Waals surface area contributed by atoms with Crippen LogP contribution in [0.2, 0.25) is 0 Å². The van der Waals surface area contributed by atoms with Crippen molar-refractivity contribution >= 4 is 13.6 Å². The summed E-state index contributed by atoms with van der Waals surface area (Å²) in [7, 11) is -5.05. The second-order valence-electron chi connectivity index (χ2n) is 5.06. The van der Waals surface area contributed by atoms with Gasteiger partial charge in [0.05, 0.1) is 12.7 Å². The van der Waals surface area contributed by atoms with Crippen molar-refractivity contribution < 1.29 is 38.8 Å². The predicted octanol–water partition coefficient (Wildman–Crippen LogP) is -2.21. The van der Waals surface area contributed by atoms with E-state index in [1.54, 1.807) is 0 Å². The van der Waals surface area contributed by atoms with E-state index in [1.165, 1.54) is 0 Å². The van der Waals surface area contributed by atoms with Crippen molar-refractivity contribution in [2.24, 2.45) is 0 Å². The van der Waals surface area contributed by atoms with Crippen molar-refractivity contribution in [3.63, 3.8) is 0 Å². The molecule has 1 aliphatic rings. The first-order valence-electron chi connectivity index (χ1n) is 6.64. The largest absolute Gasteiger partial charge is 0.479 e. The number of hydrogen-bond donors (Lipinski definition) is 5. The highest BCUT2D eigenvalue weighted by molar-refractivity contribution is 7.53. The summed E-state index contributed by atoms with van der Waals surface area (Å²) in [5.41, 5.74) is -1.37. The highest BCUT2D eigenvalue weighted by atomic mass is 31.2. The maximum Gasteiger partial charge on any atom is 0.365 e. The molecule has 134 valence electrons. The molecule has 0 bridgehead atoms. The smallest absolute Gasteiger partial charge is 0.365 e. The molecule has 1 aliphatic heterocycles. The lowest BCUT2D eigenvalue weighted by molar-refractivity contribution is -0.149. The molecule has 13 heteroatoms. The minimum atomic E-state index is -5.05. The number of ether oxygens (including phenoxy) is 2. The third-order valence-electron chi connectivity index (χ3n) is 3.30. The average Bonchev–Trinajstić information content (AvgIpc) is 2.78. The SMILES string of the molecule is O=C(O)C(OC[C@H]1O[C@@H](n2ccc(=O)[nH]c2=O)C[C@@H]1O)P(=O)(O)O. The van der Waals surface area contributed by atoms with Crippen LogP contribution >= 0.6 is 7.60 Å². The number of carboxylic acid groups (broad SMARTS) is 1. The molecular formula is C11H15N2O10P. The van der Waals surface area contributed by atoms with Crippen molar-refractivity contribution in [2.45, 2.75) is 30.7 Å². The van der Waals surface area contributed by atoms with Crippen molar-refractivity contribution in [2.75, 3.05) is 6.61 Å². The molecule has 0 spiro atoms. The van der Waals surface area contributed by atoms with Crippen LogP contribution in [0.4, 0.5) is 0 Å². The molecule has 12 nitrogen and oxygen atoms in total. The first-order valence-corrected chi connectivity index (χ1v) is 8.32. The van der Waals surface area contributed by atoms with Gasteiger partial charge in [0.1, 0.15) is 12.3 Å². The molecule has 1 fully saturated rings. The number of nitrogens with zero attached hydrogens (tertiary/aromatic N) is 1. The van der Waals surface area contributed by atoms with Gasteiger partial charge in [-0.25, -0.2) is 9.59 Å². The van der Waals surface area contributed by atoms with Gasteiger partial charge in [0.25, 0.3) is 11.4 Å². The molecule has 0 saturated carbocycles. The van der Waals surface area contributed by atoms with Crippen LogP contribution in [0.15, 0.2) is 21.9 Å². The van der Waals surface area contributed by atoms with Crippen molar-refractivity contribution in [3.8, 4) is 0 Å². The number of carbonyl (C=O) groups is 1. The summed E-state index contributed by atoms with van der Waals surface area (Å²) in [6.07, 6.45) is -2.12. The van der Waals surface area contributed by atoms with Gasteiger partial charge in [0, 0.05) is 18.7 Å². The van der Waals surface area contributed by atoms with E-state index < -0.39 is 55.7 Å². The third-order valence-corrected chi connectivity index (χ3v) is 4.28. The highest BCUT2D eigenvalue weighted by Crippen LogP contribution is 2.42. The van der Waals surface area contributed by atoms with Gasteiger partial charge in [-0.15, -0.1) is 0 Å². The Labute approximate surface area is 133 Å². The molecule has 2 heterocycles. The maximum absolute atomic E-state index is 11.7. The van der Waals surface area contributed by atoms with Gasteiger partial charge in [0.15, 0.2) is 0 Å². The Morgan fingerprint density at radius 2 is 2.17 bits per heavy atom. The Bertz CT molecular complexity index is 767. The fourth-order valence-corrected chi connectivity index (χ4v) is 2.76. The van der Waals surface area contributed by atoms with Gasteiger partial charge < -0.3 is 29.5 Å². The summed E-state index contributed by atoms with van der Waals surface area (Å²) in [5, 5.41) is 18.6. The van der Waals surface area contributed by atoms with Crippen LogP contribution in [-0.4, -0.2) is 60.2 Å². The van der Waals surface area contributed by atoms with E-state index in [0.717, 1.165) is 16.8 Å². The molecule has 5 N–H and O–H groups in total. The van der Waals surface area contributed by atoms with Gasteiger partial charge in [-0.1, -0.05) is 0 Å². The normalized spacial score (nSPS) is 25.5. The van der Waals surface area contributed by atoms with Gasteiger partial charge in [0.2, 0.25) is 0 Å². The minimum absolute atomic E-state index is 0.0619. The van der Waals surface area contributed by atoms with E-state index >= 15 is 0 Å². The zero-order valence-corrected chi connectivity index (χ0v) is 12.9. The molecule has 1 aromatic heterocycles. The van der Waals surface area contributed by atoms with Crippen molar-refractivity contribution in [1.29, 1.82) is 0 Å². The molecule has 4 atom stereocenters. The number of aliphatic hydroxyl groups is 1. The summed E-state index contributed by atoms with van der Waals surface area (Å²) < 4.78 is 22.1. The van der Waals surface area contributed by atoms with Crippen LogP contribution in [0, 0.1) is 0 Å². The average molecular weight is 366 g/mol. The zero-order valence-electron chi connectivity index (χ0n) is 12.0. The second-order valence-corrected chi connectivity index (χ2v) is 6.71. The highest BCUT2D eigenvalue weighted by Gasteiger charge is 2.41. The number of aromatic nitrogens is 2. The lowest BCUT2D eigenvalue weighted by atomic mass is 10.2. The Kier molecular flexibility index (Phi) is 5.38. The molecule has 1 aromatic rings. The number of aliphatic carboxylic acids is 1. The predicted molar refractivity (Wildman–Crippen MR) is 75.3 cm³/mol. The number of rotatable bonds is 6. The first kappa shape index (κ1) is 18.5. The molecule has 0 aromatic carbocycles. The van der Waals surface area contributed by atoms with Gasteiger partial charge in [-0.05, 0) is 0 Å². The van der Waals surface area contributed by atoms with E-state index in [0.29, 0.717) is 0 Å². The number of H-pyrrole nitrogens is 1. The van der Waals surface area contributed by atoms with E-state index in [1.807, 2.05) is 4.98 Å². The second kappa shape index (κ2) is 6.97. The van der Waals surface area contributed by atoms with Crippen LogP contribution in [0.3, 0.4) is 0 Å². The molecule has 0 aliphatic carbocycles. The quantitative estimate of drug-likeness (QED) is 0.345. The lowest BCUT2D eigenvalue weighted by Gasteiger charge is -2.19. The van der Waals surface area contributed by atoms with Gasteiger partial charge in [-0.2, -0.15) is 0 Å². The summed E-state index contributed by atoms with van der Waals surface area (Å²) in [5.74, 6) is -4.24. The molecule has 0 amide bonds. The van der Waals surface area contributed by atoms with Crippen LogP contribution < -0.4 is 11.2 Å².